The Morgan fingerprint density at radius 1 is 1.07 bits per heavy atom. The van der Waals surface area contributed by atoms with Gasteiger partial charge in [0.2, 0.25) is 10.0 Å². The van der Waals surface area contributed by atoms with E-state index in [1.807, 2.05) is 12.1 Å². The molecule has 0 aliphatic heterocycles. The number of nitrogens with one attached hydrogen (secondary N) is 2. The van der Waals surface area contributed by atoms with Gasteiger partial charge in [0.1, 0.15) is 6.61 Å². The molecular weight excluding hydrogens is 404 g/mol. The first kappa shape index (κ1) is 20.0. The largest absolute Gasteiger partial charge is 0.485 e. The monoisotopic (exact) mass is 424 g/mol. The SMILES string of the molecule is O=C(Nc1ncccc1OCc1ccncc1)c1cccc(S(=O)(=O)NC2CC2)c1. The highest BCUT2D eigenvalue weighted by Crippen LogP contribution is 2.24. The van der Waals surface area contributed by atoms with Crippen molar-refractivity contribution in [2.45, 2.75) is 30.4 Å². The second-order valence-corrected chi connectivity index (χ2v) is 8.59. The molecule has 1 fully saturated rings. The minimum Gasteiger partial charge on any atom is -0.485 e. The number of amides is 1. The number of aromatic nitrogens is 2. The van der Waals surface area contributed by atoms with Crippen molar-refractivity contribution in [2.24, 2.45) is 0 Å². The number of benzene rings is 1. The van der Waals surface area contributed by atoms with Gasteiger partial charge in [-0.1, -0.05) is 6.07 Å². The first-order valence-electron chi connectivity index (χ1n) is 9.42. The van der Waals surface area contributed by atoms with Crippen molar-refractivity contribution in [2.75, 3.05) is 5.32 Å². The molecule has 8 nitrogen and oxygen atoms in total. The smallest absolute Gasteiger partial charge is 0.256 e. The molecule has 0 spiro atoms. The Balaban J connectivity index is 1.48. The fourth-order valence-corrected chi connectivity index (χ4v) is 4.06. The van der Waals surface area contributed by atoms with Gasteiger partial charge < -0.3 is 10.1 Å². The van der Waals surface area contributed by atoms with Gasteiger partial charge in [0, 0.05) is 30.2 Å². The van der Waals surface area contributed by atoms with Gasteiger partial charge in [0.15, 0.2) is 11.6 Å². The third kappa shape index (κ3) is 5.00. The Kier molecular flexibility index (Phi) is 5.73. The highest BCUT2D eigenvalue weighted by atomic mass is 32.2. The second-order valence-electron chi connectivity index (χ2n) is 6.87. The molecule has 0 atom stereocenters. The molecule has 1 aliphatic carbocycles. The lowest BCUT2D eigenvalue weighted by Gasteiger charge is -2.12. The Bertz CT molecular complexity index is 1150. The van der Waals surface area contributed by atoms with E-state index < -0.39 is 15.9 Å². The Hall–Kier alpha value is -3.30. The second kappa shape index (κ2) is 8.60. The van der Waals surface area contributed by atoms with E-state index in [2.05, 4.69) is 20.0 Å². The van der Waals surface area contributed by atoms with E-state index in [0.717, 1.165) is 18.4 Å². The number of rotatable bonds is 8. The van der Waals surface area contributed by atoms with E-state index >= 15 is 0 Å². The van der Waals surface area contributed by atoms with Crippen LogP contribution in [0.2, 0.25) is 0 Å². The molecular formula is C21H20N4O4S. The normalized spacial score (nSPS) is 13.6. The van der Waals surface area contributed by atoms with Gasteiger partial charge in [-0.05, 0) is 60.9 Å². The molecule has 9 heteroatoms. The number of hydrogen-bond donors (Lipinski definition) is 2. The molecule has 1 saturated carbocycles. The van der Waals surface area contributed by atoms with Crippen LogP contribution in [-0.2, 0) is 16.6 Å². The molecule has 2 heterocycles. The zero-order valence-corrected chi connectivity index (χ0v) is 16.8. The van der Waals surface area contributed by atoms with Crippen LogP contribution in [0.3, 0.4) is 0 Å². The van der Waals surface area contributed by atoms with Crippen molar-refractivity contribution in [3.05, 3.63) is 78.2 Å². The van der Waals surface area contributed by atoms with Crippen LogP contribution < -0.4 is 14.8 Å². The summed E-state index contributed by atoms with van der Waals surface area (Å²) in [5.74, 6) is 0.175. The molecule has 0 unspecified atom stereocenters. The van der Waals surface area contributed by atoms with Gasteiger partial charge >= 0.3 is 0 Å². The summed E-state index contributed by atoms with van der Waals surface area (Å²) in [5, 5.41) is 2.69. The molecule has 4 rings (SSSR count). The summed E-state index contributed by atoms with van der Waals surface area (Å²) in [6.07, 6.45) is 6.55. The standard InChI is InChI=1S/C21H20N4O4S/c26-21(16-3-1-4-18(13-16)30(27,28)25-17-6-7-17)24-20-19(5-2-10-23-20)29-14-15-8-11-22-12-9-15/h1-5,8-13,17,25H,6-7,14H2,(H,23,24,26). The summed E-state index contributed by atoms with van der Waals surface area (Å²) < 4.78 is 33.2. The van der Waals surface area contributed by atoms with Crippen molar-refractivity contribution in [1.29, 1.82) is 0 Å². The molecule has 3 aromatic rings. The highest BCUT2D eigenvalue weighted by molar-refractivity contribution is 7.89. The summed E-state index contributed by atoms with van der Waals surface area (Å²) in [4.78, 5) is 20.9. The van der Waals surface area contributed by atoms with Gasteiger partial charge in [-0.2, -0.15) is 0 Å². The third-order valence-electron chi connectivity index (χ3n) is 4.45. The average Bonchev–Trinajstić information content (AvgIpc) is 3.57. The molecule has 1 amide bonds. The van der Waals surface area contributed by atoms with Crippen LogP contribution in [-0.4, -0.2) is 30.3 Å². The molecule has 1 aliphatic rings. The van der Waals surface area contributed by atoms with Crippen LogP contribution in [0.4, 0.5) is 5.82 Å². The minimum atomic E-state index is -3.65. The van der Waals surface area contributed by atoms with Gasteiger partial charge in [-0.3, -0.25) is 9.78 Å². The Morgan fingerprint density at radius 3 is 2.63 bits per heavy atom. The van der Waals surface area contributed by atoms with Crippen molar-refractivity contribution in [1.82, 2.24) is 14.7 Å². The number of anilines is 1. The van der Waals surface area contributed by atoms with Crippen molar-refractivity contribution in [3.8, 4) is 5.75 Å². The number of nitrogens with zero attached hydrogens (tertiary/aromatic N) is 2. The maximum absolute atomic E-state index is 12.7. The van der Waals surface area contributed by atoms with E-state index in [1.54, 1.807) is 30.6 Å². The van der Waals surface area contributed by atoms with E-state index in [4.69, 9.17) is 4.74 Å². The first-order chi connectivity index (χ1) is 14.5. The minimum absolute atomic E-state index is 0.0129. The van der Waals surface area contributed by atoms with E-state index in [-0.39, 0.29) is 28.9 Å². The number of pyridine rings is 2. The predicted molar refractivity (Wildman–Crippen MR) is 111 cm³/mol. The van der Waals surface area contributed by atoms with Crippen LogP contribution >= 0.6 is 0 Å². The maximum atomic E-state index is 12.7. The van der Waals surface area contributed by atoms with Crippen LogP contribution in [0.25, 0.3) is 0 Å². The summed E-state index contributed by atoms with van der Waals surface area (Å²) in [6, 6.07) is 12.9. The molecule has 0 saturated heterocycles. The number of ether oxygens (including phenoxy) is 1. The lowest BCUT2D eigenvalue weighted by molar-refractivity contribution is 0.102. The molecule has 30 heavy (non-hydrogen) atoms. The molecule has 2 aromatic heterocycles. The summed E-state index contributed by atoms with van der Waals surface area (Å²) in [5.41, 5.74) is 1.13. The van der Waals surface area contributed by atoms with Gasteiger partial charge in [0.05, 0.1) is 4.90 Å². The quantitative estimate of drug-likeness (QED) is 0.575. The van der Waals surface area contributed by atoms with E-state index in [9.17, 15) is 13.2 Å². The van der Waals surface area contributed by atoms with E-state index in [1.165, 1.54) is 24.4 Å². The van der Waals surface area contributed by atoms with E-state index in [0.29, 0.717) is 5.75 Å². The number of carbonyl (C=O) groups excluding carboxylic acids is 1. The Labute approximate surface area is 174 Å². The summed E-state index contributed by atoms with van der Waals surface area (Å²) in [7, 11) is -3.65. The van der Waals surface area contributed by atoms with Gasteiger partial charge in [-0.25, -0.2) is 18.1 Å². The topological polar surface area (TPSA) is 110 Å². The number of carbonyl (C=O) groups is 1. The zero-order chi connectivity index (χ0) is 21.0. The highest BCUT2D eigenvalue weighted by Gasteiger charge is 2.28. The lowest BCUT2D eigenvalue weighted by Crippen LogP contribution is -2.26. The fourth-order valence-electron chi connectivity index (χ4n) is 2.71. The van der Waals surface area contributed by atoms with Crippen LogP contribution in [0.1, 0.15) is 28.8 Å². The maximum Gasteiger partial charge on any atom is 0.256 e. The Morgan fingerprint density at radius 2 is 1.87 bits per heavy atom. The van der Waals surface area contributed by atoms with Gasteiger partial charge in [0.25, 0.3) is 5.91 Å². The molecule has 1 aromatic carbocycles. The van der Waals surface area contributed by atoms with Crippen molar-refractivity contribution < 1.29 is 17.9 Å². The van der Waals surface area contributed by atoms with Crippen LogP contribution in [0.5, 0.6) is 5.75 Å². The van der Waals surface area contributed by atoms with Gasteiger partial charge in [-0.15, -0.1) is 0 Å². The van der Waals surface area contributed by atoms with Crippen molar-refractivity contribution >= 4 is 21.7 Å². The predicted octanol–water partition coefficient (Wildman–Crippen LogP) is 2.75. The summed E-state index contributed by atoms with van der Waals surface area (Å²) >= 11 is 0. The molecule has 154 valence electrons. The molecule has 2 N–H and O–H groups in total. The molecule has 0 bridgehead atoms. The van der Waals surface area contributed by atoms with Crippen molar-refractivity contribution in [3.63, 3.8) is 0 Å². The number of hydrogen-bond acceptors (Lipinski definition) is 6. The first-order valence-corrected chi connectivity index (χ1v) is 10.9. The van der Waals surface area contributed by atoms with Crippen LogP contribution in [0, 0.1) is 0 Å². The molecule has 0 radical (unpaired) electrons. The third-order valence-corrected chi connectivity index (χ3v) is 5.97. The number of sulfonamides is 1. The van der Waals surface area contributed by atoms with Crippen LogP contribution in [0.15, 0.2) is 72.0 Å². The fraction of sp³-hybridized carbons (Fsp3) is 0.190. The lowest BCUT2D eigenvalue weighted by atomic mass is 10.2. The summed E-state index contributed by atoms with van der Waals surface area (Å²) in [6.45, 7) is 0.289. The average molecular weight is 424 g/mol. The zero-order valence-electron chi connectivity index (χ0n) is 16.0.